The van der Waals surface area contributed by atoms with Crippen molar-refractivity contribution in [2.75, 3.05) is 13.2 Å². The van der Waals surface area contributed by atoms with E-state index in [1.165, 1.54) is 5.56 Å². The van der Waals surface area contributed by atoms with Gasteiger partial charge in [-0.1, -0.05) is 22.9 Å². The molecule has 0 amide bonds. The van der Waals surface area contributed by atoms with Gasteiger partial charge in [-0.15, -0.1) is 12.3 Å². The quantitative estimate of drug-likeness (QED) is 0.609. The van der Waals surface area contributed by atoms with Gasteiger partial charge in [0, 0.05) is 22.5 Å². The van der Waals surface area contributed by atoms with Crippen LogP contribution in [0, 0.1) is 12.3 Å². The molecule has 0 saturated heterocycles. The Morgan fingerprint density at radius 2 is 2.28 bits per heavy atom. The number of hydrogen-bond donors (Lipinski definition) is 1. The fourth-order valence-electron chi connectivity index (χ4n) is 1.76. The molecule has 0 aliphatic carbocycles. The first-order valence-corrected chi connectivity index (χ1v) is 7.07. The second-order valence-corrected chi connectivity index (χ2v) is 5.03. The number of unbranched alkanes of at least 4 members (excludes halogenated alkanes) is 1. The van der Waals surface area contributed by atoms with Crippen molar-refractivity contribution in [1.29, 1.82) is 0 Å². The third kappa shape index (κ3) is 4.72. The molecule has 18 heavy (non-hydrogen) atoms. The van der Waals surface area contributed by atoms with Crippen molar-refractivity contribution in [2.24, 2.45) is 0 Å². The van der Waals surface area contributed by atoms with Crippen LogP contribution in [0.3, 0.4) is 0 Å². The lowest BCUT2D eigenvalue weighted by atomic mass is 10.1. The van der Waals surface area contributed by atoms with E-state index in [0.717, 1.165) is 29.6 Å². The Kier molecular flexibility index (Phi) is 6.85. The third-order valence-corrected chi connectivity index (χ3v) is 3.16. The van der Waals surface area contributed by atoms with Crippen molar-refractivity contribution in [2.45, 2.75) is 32.7 Å². The molecule has 0 heterocycles. The first kappa shape index (κ1) is 15.1. The number of hydrogen-bond acceptors (Lipinski definition) is 2. The molecule has 0 radical (unpaired) electrons. The second-order valence-electron chi connectivity index (χ2n) is 4.12. The zero-order valence-electron chi connectivity index (χ0n) is 11.0. The summed E-state index contributed by atoms with van der Waals surface area (Å²) in [6.45, 7) is 5.84. The van der Waals surface area contributed by atoms with Gasteiger partial charge in [0.2, 0.25) is 0 Å². The molecule has 0 aliphatic heterocycles. The minimum absolute atomic E-state index is 0.273. The summed E-state index contributed by atoms with van der Waals surface area (Å²) in [5, 5.41) is 3.40. The predicted octanol–water partition coefficient (Wildman–Crippen LogP) is 3.91. The van der Waals surface area contributed by atoms with Gasteiger partial charge in [0.15, 0.2) is 0 Å². The Morgan fingerprint density at radius 3 is 2.94 bits per heavy atom. The first-order valence-electron chi connectivity index (χ1n) is 6.28. The van der Waals surface area contributed by atoms with Crippen LogP contribution in [0.4, 0.5) is 0 Å². The van der Waals surface area contributed by atoms with Crippen molar-refractivity contribution in [3.63, 3.8) is 0 Å². The van der Waals surface area contributed by atoms with E-state index in [4.69, 9.17) is 11.2 Å². The molecule has 1 rings (SSSR count). The van der Waals surface area contributed by atoms with Crippen LogP contribution in [0.2, 0.25) is 0 Å². The van der Waals surface area contributed by atoms with Crippen LogP contribution in [0.5, 0.6) is 5.75 Å². The van der Waals surface area contributed by atoms with E-state index in [1.54, 1.807) is 0 Å². The van der Waals surface area contributed by atoms with Gasteiger partial charge in [-0.3, -0.25) is 0 Å². The minimum atomic E-state index is 0.273. The summed E-state index contributed by atoms with van der Waals surface area (Å²) in [4.78, 5) is 0. The van der Waals surface area contributed by atoms with Crippen molar-refractivity contribution >= 4 is 15.9 Å². The average molecular weight is 310 g/mol. The molecular formula is C15H20BrNO. The van der Waals surface area contributed by atoms with Gasteiger partial charge in [-0.25, -0.2) is 0 Å². The van der Waals surface area contributed by atoms with Gasteiger partial charge in [-0.2, -0.15) is 0 Å². The highest BCUT2D eigenvalue weighted by atomic mass is 79.9. The monoisotopic (exact) mass is 309 g/mol. The lowest BCUT2D eigenvalue weighted by Gasteiger charge is -2.18. The Bertz CT molecular complexity index is 411. The van der Waals surface area contributed by atoms with Crippen molar-refractivity contribution in [3.8, 4) is 18.1 Å². The standard InChI is InChI=1S/C15H20BrNO/c1-4-6-7-10-18-15-9-8-13(16)11-14(15)12(3)17-5-2/h1,8-9,11-12,17H,5-7,10H2,2-3H3. The fraction of sp³-hybridized carbons (Fsp3) is 0.467. The smallest absolute Gasteiger partial charge is 0.124 e. The summed E-state index contributed by atoms with van der Waals surface area (Å²) < 4.78 is 6.87. The van der Waals surface area contributed by atoms with Crippen LogP contribution >= 0.6 is 15.9 Å². The maximum absolute atomic E-state index is 5.81. The SMILES string of the molecule is C#CCCCOc1ccc(Br)cc1C(C)NCC. The maximum atomic E-state index is 5.81. The Balaban J connectivity index is 2.73. The third-order valence-electron chi connectivity index (χ3n) is 2.67. The lowest BCUT2D eigenvalue weighted by molar-refractivity contribution is 0.306. The molecule has 0 saturated carbocycles. The highest BCUT2D eigenvalue weighted by molar-refractivity contribution is 9.10. The van der Waals surface area contributed by atoms with E-state index in [9.17, 15) is 0 Å². The Hall–Kier alpha value is -0.980. The zero-order chi connectivity index (χ0) is 13.4. The van der Waals surface area contributed by atoms with Crippen LogP contribution in [-0.4, -0.2) is 13.2 Å². The average Bonchev–Trinajstić information content (AvgIpc) is 2.36. The molecule has 0 aromatic heterocycles. The van der Waals surface area contributed by atoms with Crippen LogP contribution in [-0.2, 0) is 0 Å². The second kappa shape index (κ2) is 8.18. The van der Waals surface area contributed by atoms with Crippen LogP contribution in [0.1, 0.15) is 38.3 Å². The molecular weight excluding hydrogens is 290 g/mol. The largest absolute Gasteiger partial charge is 0.493 e. The minimum Gasteiger partial charge on any atom is -0.493 e. The Morgan fingerprint density at radius 1 is 1.50 bits per heavy atom. The first-order chi connectivity index (χ1) is 8.69. The van der Waals surface area contributed by atoms with Crippen molar-refractivity contribution < 1.29 is 4.74 Å². The number of rotatable bonds is 7. The number of benzene rings is 1. The van der Waals surface area contributed by atoms with E-state index >= 15 is 0 Å². The molecule has 2 nitrogen and oxygen atoms in total. The molecule has 0 bridgehead atoms. The van der Waals surface area contributed by atoms with E-state index < -0.39 is 0 Å². The molecule has 1 aromatic rings. The van der Waals surface area contributed by atoms with Crippen LogP contribution in [0.25, 0.3) is 0 Å². The van der Waals surface area contributed by atoms with Crippen LogP contribution < -0.4 is 10.1 Å². The highest BCUT2D eigenvalue weighted by Gasteiger charge is 2.11. The van der Waals surface area contributed by atoms with Gasteiger partial charge in [-0.05, 0) is 38.1 Å². The van der Waals surface area contributed by atoms with E-state index in [1.807, 2.05) is 12.1 Å². The molecule has 1 atom stereocenters. The highest BCUT2D eigenvalue weighted by Crippen LogP contribution is 2.28. The normalized spacial score (nSPS) is 11.9. The summed E-state index contributed by atoms with van der Waals surface area (Å²) in [5.74, 6) is 3.55. The van der Waals surface area contributed by atoms with Crippen LogP contribution in [0.15, 0.2) is 22.7 Å². The summed E-state index contributed by atoms with van der Waals surface area (Å²) in [7, 11) is 0. The van der Waals surface area contributed by atoms with E-state index in [-0.39, 0.29) is 6.04 Å². The lowest BCUT2D eigenvalue weighted by Crippen LogP contribution is -2.18. The summed E-state index contributed by atoms with van der Waals surface area (Å²) in [6.07, 6.45) is 6.87. The summed E-state index contributed by atoms with van der Waals surface area (Å²) in [6, 6.07) is 6.38. The molecule has 98 valence electrons. The maximum Gasteiger partial charge on any atom is 0.124 e. The number of terminal acetylenes is 1. The number of ether oxygens (including phenoxy) is 1. The molecule has 1 unspecified atom stereocenters. The van der Waals surface area contributed by atoms with Gasteiger partial charge in [0.25, 0.3) is 0 Å². The topological polar surface area (TPSA) is 21.3 Å². The molecule has 0 aliphatic rings. The molecule has 1 N–H and O–H groups in total. The molecule has 3 heteroatoms. The molecule has 0 fully saturated rings. The number of halogens is 1. The van der Waals surface area contributed by atoms with Crippen molar-refractivity contribution in [1.82, 2.24) is 5.32 Å². The van der Waals surface area contributed by atoms with E-state index in [0.29, 0.717) is 6.61 Å². The van der Waals surface area contributed by atoms with Gasteiger partial charge < -0.3 is 10.1 Å². The van der Waals surface area contributed by atoms with E-state index in [2.05, 4.69) is 47.1 Å². The number of nitrogens with one attached hydrogen (secondary N) is 1. The molecule has 0 spiro atoms. The summed E-state index contributed by atoms with van der Waals surface area (Å²) >= 11 is 3.50. The fourth-order valence-corrected chi connectivity index (χ4v) is 2.14. The Labute approximate surface area is 118 Å². The van der Waals surface area contributed by atoms with Gasteiger partial charge in [0.05, 0.1) is 6.61 Å². The molecule has 1 aromatic carbocycles. The van der Waals surface area contributed by atoms with Gasteiger partial charge in [0.1, 0.15) is 5.75 Å². The van der Waals surface area contributed by atoms with Gasteiger partial charge >= 0.3 is 0 Å². The predicted molar refractivity (Wildman–Crippen MR) is 79.8 cm³/mol. The summed E-state index contributed by atoms with van der Waals surface area (Å²) in [5.41, 5.74) is 1.17. The van der Waals surface area contributed by atoms with Crippen molar-refractivity contribution in [3.05, 3.63) is 28.2 Å². The zero-order valence-corrected chi connectivity index (χ0v) is 12.6.